The van der Waals surface area contributed by atoms with Crippen LogP contribution in [0.2, 0.25) is 36.3 Å². The number of hydrogen-bond acceptors (Lipinski definition) is 5. The van der Waals surface area contributed by atoms with Crippen molar-refractivity contribution in [2.45, 2.75) is 90.6 Å². The van der Waals surface area contributed by atoms with Gasteiger partial charge in [0.25, 0.3) is 5.69 Å². The van der Waals surface area contributed by atoms with Gasteiger partial charge in [-0.15, -0.1) is 0 Å². The molecule has 0 saturated carbocycles. The van der Waals surface area contributed by atoms with Crippen molar-refractivity contribution in [3.8, 4) is 0 Å². The molecular weight excluding hydrogens is 484 g/mol. The molecule has 202 valence electrons. The fourth-order valence-corrected chi connectivity index (χ4v) is 4.84. The molecule has 0 aliphatic carbocycles. The zero-order valence-corrected chi connectivity index (χ0v) is 26.1. The minimum absolute atomic E-state index is 0.133. The summed E-state index contributed by atoms with van der Waals surface area (Å²) in [4.78, 5) is 10.2. The average molecular weight is 533 g/mol. The van der Waals surface area contributed by atoms with Gasteiger partial charge in [0.2, 0.25) is 0 Å². The Balaban J connectivity index is 0.000000362. The molecule has 0 bridgehead atoms. The van der Waals surface area contributed by atoms with Gasteiger partial charge in [0.1, 0.15) is 0 Å². The van der Waals surface area contributed by atoms with Crippen molar-refractivity contribution < 1.29 is 13.8 Å². The van der Waals surface area contributed by atoms with E-state index in [1.54, 1.807) is 24.3 Å². The molecule has 0 radical (unpaired) electrons. The lowest BCUT2D eigenvalue weighted by Crippen LogP contribution is -2.41. The lowest BCUT2D eigenvalue weighted by Gasteiger charge is -2.36. The Morgan fingerprint density at radius 2 is 1.06 bits per heavy atom. The second-order valence-corrected chi connectivity index (χ2v) is 22.0. The fraction of sp³-hybridized carbons (Fsp3) is 0.571. The predicted octanol–water partition coefficient (Wildman–Crippen LogP) is 7.99. The van der Waals surface area contributed by atoms with Crippen molar-refractivity contribution in [3.05, 3.63) is 69.8 Å². The predicted molar refractivity (Wildman–Crippen MR) is 158 cm³/mol. The molecule has 0 atom stereocenters. The molecule has 0 amide bonds. The van der Waals surface area contributed by atoms with Crippen LogP contribution in [0.25, 0.3) is 0 Å². The topological polar surface area (TPSA) is 87.6 Å². The molecule has 0 unspecified atom stereocenters. The highest BCUT2D eigenvalue weighted by Gasteiger charge is 2.37. The third kappa shape index (κ3) is 10.5. The van der Waals surface area contributed by atoms with Gasteiger partial charge in [-0.2, -0.15) is 0 Å². The number of anilines is 1. The number of nitro benzene ring substituents is 1. The number of nitrogens with zero attached hydrogens (tertiary/aromatic N) is 1. The Hall–Kier alpha value is -2.01. The van der Waals surface area contributed by atoms with E-state index in [1.165, 1.54) is 5.56 Å². The molecule has 36 heavy (non-hydrogen) atoms. The van der Waals surface area contributed by atoms with Crippen LogP contribution in [0.1, 0.15) is 52.7 Å². The normalized spacial score (nSPS) is 12.6. The molecule has 0 fully saturated rings. The SMILES string of the molecule is CC(C)(C)[Si](C)(C)OCCc1ccc(N)cc1.CC(C)(C)[Si](C)(C)OCCc1ccc([N+](=O)[O-])cc1. The van der Waals surface area contributed by atoms with E-state index in [2.05, 4.69) is 79.9 Å². The molecule has 0 aromatic heterocycles. The van der Waals surface area contributed by atoms with E-state index < -0.39 is 16.6 Å². The summed E-state index contributed by atoms with van der Waals surface area (Å²) in [7, 11) is -3.29. The van der Waals surface area contributed by atoms with E-state index in [1.807, 2.05) is 12.1 Å². The maximum atomic E-state index is 10.6. The first-order valence-electron chi connectivity index (χ1n) is 12.7. The molecule has 0 aliphatic rings. The Morgan fingerprint density at radius 3 is 1.36 bits per heavy atom. The Labute approximate surface area is 221 Å². The van der Waals surface area contributed by atoms with E-state index in [-0.39, 0.29) is 20.7 Å². The molecule has 8 heteroatoms. The summed E-state index contributed by atoms with van der Waals surface area (Å²) in [5.41, 5.74) is 8.97. The van der Waals surface area contributed by atoms with Crippen molar-refractivity contribution in [1.29, 1.82) is 0 Å². The largest absolute Gasteiger partial charge is 0.416 e. The standard InChI is InChI=1S/C14H23NO3Si.C14H25NOSi/c1-14(2,3)19(4,5)18-11-10-12-6-8-13(9-7-12)15(16)17;1-14(2,3)17(4,5)16-11-10-12-6-8-13(15)9-7-12/h6-9H,10-11H2,1-5H3;6-9H,10-11,15H2,1-5H3. The Bertz CT molecular complexity index is 946. The first kappa shape index (κ1) is 32.0. The number of nitro groups is 1. The number of non-ortho nitro benzene ring substituents is 1. The van der Waals surface area contributed by atoms with E-state index >= 15 is 0 Å². The highest BCUT2D eigenvalue weighted by molar-refractivity contribution is 6.74. The molecule has 0 aliphatic heterocycles. The molecule has 6 nitrogen and oxygen atoms in total. The molecule has 2 aromatic carbocycles. The minimum atomic E-state index is -1.70. The molecule has 0 saturated heterocycles. The van der Waals surface area contributed by atoms with Gasteiger partial charge in [0.05, 0.1) is 4.92 Å². The Kier molecular flexibility index (Phi) is 11.6. The van der Waals surface area contributed by atoms with Gasteiger partial charge < -0.3 is 14.6 Å². The van der Waals surface area contributed by atoms with Crippen molar-refractivity contribution in [1.82, 2.24) is 0 Å². The monoisotopic (exact) mass is 532 g/mol. The van der Waals surface area contributed by atoms with Crippen molar-refractivity contribution in [2.75, 3.05) is 18.9 Å². The highest BCUT2D eigenvalue weighted by atomic mass is 28.4. The molecular formula is C28H48N2O4Si2. The smallest absolute Gasteiger partial charge is 0.269 e. The van der Waals surface area contributed by atoms with Crippen LogP contribution < -0.4 is 5.73 Å². The van der Waals surface area contributed by atoms with Gasteiger partial charge in [0.15, 0.2) is 16.6 Å². The fourth-order valence-electron chi connectivity index (χ4n) is 2.75. The summed E-state index contributed by atoms with van der Waals surface area (Å²) in [6.07, 6.45) is 1.76. The van der Waals surface area contributed by atoms with Crippen LogP contribution in [-0.4, -0.2) is 34.8 Å². The number of rotatable bonds is 9. The summed E-state index contributed by atoms with van der Waals surface area (Å²) in [5, 5.41) is 11.1. The first-order valence-corrected chi connectivity index (χ1v) is 18.5. The van der Waals surface area contributed by atoms with Crippen LogP contribution in [0.15, 0.2) is 48.5 Å². The van der Waals surface area contributed by atoms with Crippen LogP contribution >= 0.6 is 0 Å². The third-order valence-electron chi connectivity index (χ3n) is 7.45. The summed E-state index contributed by atoms with van der Waals surface area (Å²) >= 11 is 0. The van der Waals surface area contributed by atoms with E-state index in [4.69, 9.17) is 14.6 Å². The molecule has 0 spiro atoms. The van der Waals surface area contributed by atoms with E-state index in [0.29, 0.717) is 6.61 Å². The van der Waals surface area contributed by atoms with Gasteiger partial charge in [-0.05, 0) is 72.4 Å². The molecule has 2 N–H and O–H groups in total. The van der Waals surface area contributed by atoms with Gasteiger partial charge in [-0.3, -0.25) is 10.1 Å². The van der Waals surface area contributed by atoms with Crippen LogP contribution in [0.5, 0.6) is 0 Å². The van der Waals surface area contributed by atoms with Crippen LogP contribution in [-0.2, 0) is 21.7 Å². The molecule has 0 heterocycles. The second kappa shape index (κ2) is 13.0. The van der Waals surface area contributed by atoms with Crippen LogP contribution in [0.3, 0.4) is 0 Å². The quantitative estimate of drug-likeness (QED) is 0.153. The number of nitrogens with two attached hydrogens (primary N) is 1. The summed E-state index contributed by atoms with van der Waals surface area (Å²) in [5.74, 6) is 0. The van der Waals surface area contributed by atoms with Gasteiger partial charge in [0, 0.05) is 31.0 Å². The van der Waals surface area contributed by atoms with Crippen molar-refractivity contribution in [2.24, 2.45) is 0 Å². The number of benzene rings is 2. The molecule has 2 rings (SSSR count). The summed E-state index contributed by atoms with van der Waals surface area (Å²) in [6.45, 7) is 23.9. The zero-order valence-electron chi connectivity index (χ0n) is 24.1. The van der Waals surface area contributed by atoms with Gasteiger partial charge in [-0.1, -0.05) is 65.8 Å². The van der Waals surface area contributed by atoms with E-state index in [0.717, 1.165) is 30.7 Å². The maximum Gasteiger partial charge on any atom is 0.269 e. The summed E-state index contributed by atoms with van der Waals surface area (Å²) < 4.78 is 12.2. The van der Waals surface area contributed by atoms with Crippen molar-refractivity contribution in [3.63, 3.8) is 0 Å². The van der Waals surface area contributed by atoms with Gasteiger partial charge in [-0.25, -0.2) is 0 Å². The Morgan fingerprint density at radius 1 is 0.722 bits per heavy atom. The lowest BCUT2D eigenvalue weighted by molar-refractivity contribution is -0.384. The summed E-state index contributed by atoms with van der Waals surface area (Å²) in [6, 6.07) is 14.7. The number of hydrogen-bond donors (Lipinski definition) is 1. The minimum Gasteiger partial charge on any atom is -0.416 e. The lowest BCUT2D eigenvalue weighted by atomic mass is 10.1. The zero-order chi connectivity index (χ0) is 27.8. The molecule has 2 aromatic rings. The van der Waals surface area contributed by atoms with E-state index in [9.17, 15) is 10.1 Å². The third-order valence-corrected chi connectivity index (χ3v) is 16.5. The number of nitrogen functional groups attached to an aromatic ring is 1. The van der Waals surface area contributed by atoms with Crippen molar-refractivity contribution >= 4 is 28.0 Å². The average Bonchev–Trinajstić information content (AvgIpc) is 2.74. The van der Waals surface area contributed by atoms with Crippen LogP contribution in [0, 0.1) is 10.1 Å². The van der Waals surface area contributed by atoms with Crippen LogP contribution in [0.4, 0.5) is 11.4 Å². The first-order chi connectivity index (χ1) is 16.4. The highest BCUT2D eigenvalue weighted by Crippen LogP contribution is 2.37. The van der Waals surface area contributed by atoms with Gasteiger partial charge >= 0.3 is 0 Å². The second-order valence-electron chi connectivity index (χ2n) is 12.4. The maximum absolute atomic E-state index is 10.6.